The Kier molecular flexibility index (Phi) is 16.1. The number of ether oxygens (including phenoxy) is 2. The summed E-state index contributed by atoms with van der Waals surface area (Å²) in [7, 11) is 5.03. The summed E-state index contributed by atoms with van der Waals surface area (Å²) in [6, 6.07) is -0.999. The van der Waals surface area contributed by atoms with E-state index in [4.69, 9.17) is 9.47 Å². The van der Waals surface area contributed by atoms with Gasteiger partial charge in [-0.1, -0.05) is 79.0 Å². The van der Waals surface area contributed by atoms with Gasteiger partial charge in [0.15, 0.2) is 0 Å². The topological polar surface area (TPSA) is 108 Å². The summed E-state index contributed by atoms with van der Waals surface area (Å²) in [4.78, 5) is 44.3. The number of hydrogen-bond donors (Lipinski definition) is 2. The number of nitrogens with zero attached hydrogens (tertiary/aromatic N) is 2. The molecule has 1 fully saturated rings. The molecule has 1 saturated heterocycles. The van der Waals surface area contributed by atoms with Gasteiger partial charge >= 0.3 is 0 Å². The molecule has 2 unspecified atom stereocenters. The molecular formula is C38H67N3O6. The molecule has 270 valence electrons. The Hall–Kier alpha value is -2.23. The molecule has 1 aliphatic carbocycles. The lowest BCUT2D eigenvalue weighted by molar-refractivity contribution is -0.146. The van der Waals surface area contributed by atoms with Crippen LogP contribution in [-0.4, -0.2) is 96.9 Å². The molecule has 9 nitrogen and oxygen atoms in total. The molecule has 3 amide bonds. The minimum atomic E-state index is -0.808. The molecule has 0 spiro atoms. The van der Waals surface area contributed by atoms with E-state index in [0.717, 1.165) is 31.3 Å². The van der Waals surface area contributed by atoms with E-state index in [9.17, 15) is 19.5 Å². The molecule has 2 rings (SSSR count). The molecule has 2 N–H and O–H groups in total. The average molecular weight is 662 g/mol. The number of amides is 3. The van der Waals surface area contributed by atoms with Crippen molar-refractivity contribution in [2.24, 2.45) is 29.6 Å². The van der Waals surface area contributed by atoms with Gasteiger partial charge in [-0.15, -0.1) is 0 Å². The van der Waals surface area contributed by atoms with Crippen LogP contribution in [0, 0.1) is 29.6 Å². The van der Waals surface area contributed by atoms with Gasteiger partial charge < -0.3 is 29.7 Å². The Balaban J connectivity index is 2.17. The molecule has 0 aromatic heterocycles. The summed E-state index contributed by atoms with van der Waals surface area (Å²) >= 11 is 0. The largest absolute Gasteiger partial charge is 0.387 e. The maximum absolute atomic E-state index is 13.9. The van der Waals surface area contributed by atoms with Crippen molar-refractivity contribution in [2.45, 2.75) is 144 Å². The first kappa shape index (κ1) is 40.9. The lowest BCUT2D eigenvalue weighted by Gasteiger charge is -2.39. The van der Waals surface area contributed by atoms with Crippen molar-refractivity contribution in [2.75, 3.05) is 27.8 Å². The first-order valence-electron chi connectivity index (χ1n) is 18.1. The standard InChI is InChI=1S/C38H67N3O6/c1-14-23(5)35(40(11)33(42)19-22(3)4)32(46-12)21-34(43)41-18-16-17-31(41)37(47-13)27(9)38(45)39-28(10)36(44)30-20-24(6)29(15-2)25(7)26(30)8/h20,22-24,26-28,31-32,35-37,44H,14-19,21H2,1-13H3,(H,39,45)/t23-,24?,26?,27+,28+,31-,32+,35-,36+,37+/m0/s1. The van der Waals surface area contributed by atoms with Crippen LogP contribution >= 0.6 is 0 Å². The summed E-state index contributed by atoms with van der Waals surface area (Å²) < 4.78 is 11.9. The van der Waals surface area contributed by atoms with Gasteiger partial charge in [-0.2, -0.15) is 0 Å². The molecule has 1 aliphatic heterocycles. The average Bonchev–Trinajstić information content (AvgIpc) is 3.51. The summed E-state index contributed by atoms with van der Waals surface area (Å²) in [5.74, 6) is -0.0231. The van der Waals surface area contributed by atoms with Crippen molar-refractivity contribution < 1.29 is 29.0 Å². The smallest absolute Gasteiger partial charge is 0.225 e. The summed E-state index contributed by atoms with van der Waals surface area (Å²) in [5.41, 5.74) is 3.66. The number of allylic oxidation sites excluding steroid dienone is 3. The molecule has 47 heavy (non-hydrogen) atoms. The monoisotopic (exact) mass is 662 g/mol. The van der Waals surface area contributed by atoms with Crippen molar-refractivity contribution in [1.29, 1.82) is 0 Å². The zero-order valence-electron chi connectivity index (χ0n) is 31.8. The van der Waals surface area contributed by atoms with Crippen molar-refractivity contribution in [3.63, 3.8) is 0 Å². The highest BCUT2D eigenvalue weighted by Gasteiger charge is 2.42. The van der Waals surface area contributed by atoms with Crippen molar-refractivity contribution in [1.82, 2.24) is 15.1 Å². The maximum Gasteiger partial charge on any atom is 0.225 e. The van der Waals surface area contributed by atoms with Crippen LogP contribution in [0.5, 0.6) is 0 Å². The molecule has 9 heteroatoms. The van der Waals surface area contributed by atoms with Crippen molar-refractivity contribution in [3.05, 3.63) is 22.8 Å². The van der Waals surface area contributed by atoms with Gasteiger partial charge in [0.25, 0.3) is 0 Å². The van der Waals surface area contributed by atoms with E-state index in [1.165, 1.54) is 11.1 Å². The fourth-order valence-electron chi connectivity index (χ4n) is 7.92. The van der Waals surface area contributed by atoms with Gasteiger partial charge in [0.05, 0.1) is 48.8 Å². The summed E-state index contributed by atoms with van der Waals surface area (Å²) in [6.45, 7) is 21.1. The second-order valence-electron chi connectivity index (χ2n) is 14.7. The first-order chi connectivity index (χ1) is 22.0. The maximum atomic E-state index is 13.9. The normalized spacial score (nSPS) is 24.7. The Bertz CT molecular complexity index is 1120. The molecular weight excluding hydrogens is 594 g/mol. The zero-order chi connectivity index (χ0) is 35.7. The second-order valence-corrected chi connectivity index (χ2v) is 14.7. The highest BCUT2D eigenvalue weighted by molar-refractivity contribution is 5.81. The number of likely N-dealkylation sites (tertiary alicyclic amines) is 1. The molecule has 0 aromatic rings. The number of likely N-dealkylation sites (N-methyl/N-ethyl adjacent to an activating group) is 1. The minimum Gasteiger partial charge on any atom is -0.387 e. The minimum absolute atomic E-state index is 0.0542. The Morgan fingerprint density at radius 1 is 1.06 bits per heavy atom. The Morgan fingerprint density at radius 3 is 2.23 bits per heavy atom. The number of methoxy groups -OCH3 is 2. The Labute approximate surface area is 285 Å². The predicted molar refractivity (Wildman–Crippen MR) is 189 cm³/mol. The number of nitrogens with one attached hydrogen (secondary N) is 1. The fraction of sp³-hybridized carbons (Fsp3) is 0.816. The number of aliphatic hydroxyl groups excluding tert-OH is 1. The van der Waals surface area contributed by atoms with Crippen molar-refractivity contribution >= 4 is 17.7 Å². The van der Waals surface area contributed by atoms with E-state index in [0.29, 0.717) is 13.0 Å². The molecule has 0 radical (unpaired) electrons. The first-order valence-corrected chi connectivity index (χ1v) is 18.1. The van der Waals surface area contributed by atoms with E-state index < -0.39 is 30.3 Å². The number of rotatable bonds is 17. The second kappa shape index (κ2) is 18.5. The van der Waals surface area contributed by atoms with Crippen LogP contribution < -0.4 is 5.32 Å². The van der Waals surface area contributed by atoms with E-state index in [-0.39, 0.29) is 59.9 Å². The summed E-state index contributed by atoms with van der Waals surface area (Å²) in [6.07, 6.45) is 4.33. The van der Waals surface area contributed by atoms with E-state index in [1.54, 1.807) is 19.1 Å². The number of aliphatic hydroxyl groups is 1. The predicted octanol–water partition coefficient (Wildman–Crippen LogP) is 5.76. The van der Waals surface area contributed by atoms with Crippen LogP contribution in [-0.2, 0) is 23.9 Å². The number of carbonyl (C=O) groups excluding carboxylic acids is 3. The van der Waals surface area contributed by atoms with E-state index in [2.05, 4.69) is 52.9 Å². The van der Waals surface area contributed by atoms with Gasteiger partial charge in [0.2, 0.25) is 17.7 Å². The van der Waals surface area contributed by atoms with Crippen molar-refractivity contribution in [3.8, 4) is 0 Å². The third-order valence-corrected chi connectivity index (χ3v) is 11.1. The van der Waals surface area contributed by atoms with Gasteiger partial charge in [0, 0.05) is 40.2 Å². The van der Waals surface area contributed by atoms with E-state index in [1.807, 2.05) is 39.6 Å². The van der Waals surface area contributed by atoms with Gasteiger partial charge in [-0.3, -0.25) is 14.4 Å². The number of hydrogen-bond acceptors (Lipinski definition) is 6. The van der Waals surface area contributed by atoms with Gasteiger partial charge in [0.1, 0.15) is 0 Å². The lowest BCUT2D eigenvalue weighted by Crippen LogP contribution is -2.54. The quantitative estimate of drug-likeness (QED) is 0.192. The molecule has 2 aliphatic rings. The summed E-state index contributed by atoms with van der Waals surface area (Å²) in [5, 5.41) is 14.4. The number of carbonyl (C=O) groups is 3. The van der Waals surface area contributed by atoms with E-state index >= 15 is 0 Å². The van der Waals surface area contributed by atoms with Crippen LogP contribution in [0.2, 0.25) is 0 Å². The molecule has 10 atom stereocenters. The lowest BCUT2D eigenvalue weighted by atomic mass is 9.75. The third-order valence-electron chi connectivity index (χ3n) is 11.1. The highest BCUT2D eigenvalue weighted by atomic mass is 16.5. The van der Waals surface area contributed by atoms with Gasteiger partial charge in [-0.05, 0) is 56.4 Å². The van der Waals surface area contributed by atoms with Crippen LogP contribution in [0.1, 0.15) is 108 Å². The third kappa shape index (κ3) is 9.91. The molecule has 1 heterocycles. The molecule has 0 aromatic carbocycles. The van der Waals surface area contributed by atoms with Crippen LogP contribution in [0.15, 0.2) is 22.8 Å². The zero-order valence-corrected chi connectivity index (χ0v) is 31.8. The van der Waals surface area contributed by atoms with Crippen LogP contribution in [0.4, 0.5) is 0 Å². The van der Waals surface area contributed by atoms with Crippen LogP contribution in [0.25, 0.3) is 0 Å². The SMILES string of the molecule is CCC1=C(C)C(C)C([C@H](O)[C@@H](C)NC(=O)[C@H](C)[C@@H](OC)[C@@H]2CCCN2C(=O)C[C@@H](OC)[C@H]([C@@H](C)CC)N(C)C(=O)CC(C)C)=CC1C. The molecule has 0 bridgehead atoms. The van der Waals surface area contributed by atoms with Crippen LogP contribution in [0.3, 0.4) is 0 Å². The Morgan fingerprint density at radius 2 is 1.70 bits per heavy atom. The molecule has 0 saturated carbocycles. The van der Waals surface area contributed by atoms with Gasteiger partial charge in [-0.25, -0.2) is 0 Å². The fourth-order valence-corrected chi connectivity index (χ4v) is 7.92. The highest BCUT2D eigenvalue weighted by Crippen LogP contribution is 2.37.